The van der Waals surface area contributed by atoms with Crippen LogP contribution < -0.4 is 0 Å². The second-order valence-corrected chi connectivity index (χ2v) is 3.57. The summed E-state index contributed by atoms with van der Waals surface area (Å²) < 4.78 is 19.2. The lowest BCUT2D eigenvalue weighted by atomic mass is 10.1. The van der Waals surface area contributed by atoms with Gasteiger partial charge in [0.15, 0.2) is 0 Å². The van der Waals surface area contributed by atoms with Gasteiger partial charge < -0.3 is 18.9 Å². The van der Waals surface area contributed by atoms with E-state index in [9.17, 15) is 14.4 Å². The van der Waals surface area contributed by atoms with E-state index < -0.39 is 30.1 Å². The first-order valence-corrected chi connectivity index (χ1v) is 6.06. The van der Waals surface area contributed by atoms with Crippen LogP contribution in [-0.4, -0.2) is 49.9 Å². The lowest BCUT2D eigenvalue weighted by molar-refractivity contribution is -0.191. The van der Waals surface area contributed by atoms with Crippen LogP contribution in [0.2, 0.25) is 0 Å². The Morgan fingerprint density at radius 2 is 1.26 bits per heavy atom. The monoisotopic (exact) mass is 276 g/mol. The van der Waals surface area contributed by atoms with Crippen LogP contribution in [0.15, 0.2) is 0 Å². The molecule has 0 amide bonds. The molecule has 0 fully saturated rings. The second kappa shape index (κ2) is 8.47. The van der Waals surface area contributed by atoms with Crippen LogP contribution in [0.3, 0.4) is 0 Å². The van der Waals surface area contributed by atoms with Crippen molar-refractivity contribution in [3.05, 3.63) is 0 Å². The topological polar surface area (TPSA) is 88.1 Å². The van der Waals surface area contributed by atoms with Crippen LogP contribution in [0.4, 0.5) is 0 Å². The molecular weight excluding hydrogens is 256 g/mol. The fourth-order valence-electron chi connectivity index (χ4n) is 1.14. The standard InChI is InChI=1S/C12H20O7/c1-5-16-9(13)8-19-12(4,10(14)17-6-2)11(15)18-7-3/h5-8H2,1-4H3. The molecule has 0 aliphatic rings. The minimum absolute atomic E-state index is 0.0800. The number of rotatable bonds is 8. The molecule has 0 rings (SSSR count). The molecule has 0 saturated carbocycles. The zero-order chi connectivity index (χ0) is 14.9. The van der Waals surface area contributed by atoms with Gasteiger partial charge in [0.1, 0.15) is 6.61 Å². The highest BCUT2D eigenvalue weighted by molar-refractivity contribution is 6.03. The molecule has 0 aromatic rings. The van der Waals surface area contributed by atoms with E-state index in [1.165, 1.54) is 6.92 Å². The molecule has 7 heteroatoms. The molecule has 0 radical (unpaired) electrons. The molecule has 0 aromatic carbocycles. The van der Waals surface area contributed by atoms with E-state index in [0.717, 1.165) is 0 Å². The largest absolute Gasteiger partial charge is 0.464 e. The summed E-state index contributed by atoms with van der Waals surface area (Å²) in [7, 11) is 0. The van der Waals surface area contributed by atoms with Gasteiger partial charge in [0.25, 0.3) is 5.60 Å². The smallest absolute Gasteiger partial charge is 0.349 e. The van der Waals surface area contributed by atoms with Gasteiger partial charge in [0.05, 0.1) is 19.8 Å². The Balaban J connectivity index is 4.80. The van der Waals surface area contributed by atoms with Crippen LogP contribution >= 0.6 is 0 Å². The summed E-state index contributed by atoms with van der Waals surface area (Å²) in [5.41, 5.74) is -1.97. The van der Waals surface area contributed by atoms with Crippen molar-refractivity contribution >= 4 is 17.9 Å². The average molecular weight is 276 g/mol. The molecule has 0 aliphatic carbocycles. The number of ether oxygens (including phenoxy) is 4. The van der Waals surface area contributed by atoms with Crippen molar-refractivity contribution in [3.8, 4) is 0 Å². The maximum Gasteiger partial charge on any atom is 0.349 e. The molecule has 110 valence electrons. The zero-order valence-corrected chi connectivity index (χ0v) is 11.7. The molecule has 0 N–H and O–H groups in total. The van der Waals surface area contributed by atoms with Crippen LogP contribution in [0, 0.1) is 0 Å². The third-order valence-electron chi connectivity index (χ3n) is 2.11. The van der Waals surface area contributed by atoms with Crippen LogP contribution in [0.1, 0.15) is 27.7 Å². The summed E-state index contributed by atoms with van der Waals surface area (Å²) in [5, 5.41) is 0. The van der Waals surface area contributed by atoms with Gasteiger partial charge in [-0.3, -0.25) is 0 Å². The molecule has 0 atom stereocenters. The SMILES string of the molecule is CCOC(=O)COC(C)(C(=O)OCC)C(=O)OCC. The normalized spacial score (nSPS) is 10.7. The van der Waals surface area contributed by atoms with Crippen molar-refractivity contribution < 1.29 is 33.3 Å². The number of carbonyl (C=O) groups is 3. The van der Waals surface area contributed by atoms with Crippen molar-refractivity contribution in [1.82, 2.24) is 0 Å². The summed E-state index contributed by atoms with van der Waals surface area (Å²) in [4.78, 5) is 34.7. The van der Waals surface area contributed by atoms with Crippen LogP contribution in [0.5, 0.6) is 0 Å². The van der Waals surface area contributed by atoms with Crippen molar-refractivity contribution in [2.24, 2.45) is 0 Å². The molecule has 7 nitrogen and oxygen atoms in total. The van der Waals surface area contributed by atoms with E-state index >= 15 is 0 Å². The molecule has 0 aromatic heterocycles. The fourth-order valence-corrected chi connectivity index (χ4v) is 1.14. The predicted molar refractivity (Wildman–Crippen MR) is 64.3 cm³/mol. The summed E-state index contributed by atoms with van der Waals surface area (Å²) in [6.45, 7) is 5.81. The van der Waals surface area contributed by atoms with Gasteiger partial charge in [-0.2, -0.15) is 0 Å². The van der Waals surface area contributed by atoms with Gasteiger partial charge in [-0.05, 0) is 27.7 Å². The second-order valence-electron chi connectivity index (χ2n) is 3.57. The Labute approximate surface area is 112 Å². The Hall–Kier alpha value is -1.63. The van der Waals surface area contributed by atoms with Gasteiger partial charge >= 0.3 is 17.9 Å². The fraction of sp³-hybridized carbons (Fsp3) is 0.750. The Bertz CT molecular complexity index is 306. The van der Waals surface area contributed by atoms with Crippen molar-refractivity contribution in [1.29, 1.82) is 0 Å². The first-order chi connectivity index (χ1) is 8.92. The molecule has 0 saturated heterocycles. The molecule has 19 heavy (non-hydrogen) atoms. The lowest BCUT2D eigenvalue weighted by Crippen LogP contribution is -2.49. The van der Waals surface area contributed by atoms with E-state index in [4.69, 9.17) is 14.2 Å². The molecule has 0 aliphatic heterocycles. The van der Waals surface area contributed by atoms with Gasteiger partial charge in [0.2, 0.25) is 0 Å². The first kappa shape index (κ1) is 17.4. The summed E-state index contributed by atoms with van der Waals surface area (Å²) in [6.07, 6.45) is 0. The third-order valence-corrected chi connectivity index (χ3v) is 2.11. The number of esters is 3. The highest BCUT2D eigenvalue weighted by Crippen LogP contribution is 2.16. The van der Waals surface area contributed by atoms with Gasteiger partial charge in [-0.25, -0.2) is 14.4 Å². The van der Waals surface area contributed by atoms with Gasteiger partial charge in [0, 0.05) is 0 Å². The molecule has 0 bridgehead atoms. The number of hydrogen-bond acceptors (Lipinski definition) is 7. The van der Waals surface area contributed by atoms with E-state index in [2.05, 4.69) is 4.74 Å². The van der Waals surface area contributed by atoms with Crippen molar-refractivity contribution in [3.63, 3.8) is 0 Å². The van der Waals surface area contributed by atoms with Crippen molar-refractivity contribution in [2.75, 3.05) is 26.4 Å². The lowest BCUT2D eigenvalue weighted by Gasteiger charge is -2.24. The molecule has 0 spiro atoms. The number of hydrogen-bond donors (Lipinski definition) is 0. The Kier molecular flexibility index (Phi) is 7.74. The predicted octanol–water partition coefficient (Wildman–Crippen LogP) is 0.451. The maximum atomic E-state index is 11.8. The Morgan fingerprint density at radius 1 is 0.842 bits per heavy atom. The van der Waals surface area contributed by atoms with E-state index in [1.54, 1.807) is 20.8 Å². The Morgan fingerprint density at radius 3 is 1.63 bits per heavy atom. The van der Waals surface area contributed by atoms with Crippen LogP contribution in [-0.2, 0) is 33.3 Å². The minimum atomic E-state index is -1.97. The summed E-state index contributed by atoms with van der Waals surface area (Å²) in [5.74, 6) is -2.49. The summed E-state index contributed by atoms with van der Waals surface area (Å²) >= 11 is 0. The van der Waals surface area contributed by atoms with E-state index in [-0.39, 0.29) is 19.8 Å². The third kappa shape index (κ3) is 5.25. The molecular formula is C12H20O7. The summed E-state index contributed by atoms with van der Waals surface area (Å²) in [6, 6.07) is 0. The maximum absolute atomic E-state index is 11.8. The number of carbonyl (C=O) groups excluding carboxylic acids is 3. The first-order valence-electron chi connectivity index (χ1n) is 6.06. The van der Waals surface area contributed by atoms with E-state index in [1.807, 2.05) is 0 Å². The highest BCUT2D eigenvalue weighted by Gasteiger charge is 2.46. The minimum Gasteiger partial charge on any atom is -0.464 e. The van der Waals surface area contributed by atoms with Gasteiger partial charge in [-0.1, -0.05) is 0 Å². The van der Waals surface area contributed by atoms with Crippen molar-refractivity contribution in [2.45, 2.75) is 33.3 Å². The molecule has 0 heterocycles. The van der Waals surface area contributed by atoms with Crippen LogP contribution in [0.25, 0.3) is 0 Å². The average Bonchev–Trinajstić information content (AvgIpc) is 2.36. The zero-order valence-electron chi connectivity index (χ0n) is 11.7. The van der Waals surface area contributed by atoms with E-state index in [0.29, 0.717) is 0 Å². The molecule has 0 unspecified atom stereocenters. The quantitative estimate of drug-likeness (QED) is 0.361. The highest BCUT2D eigenvalue weighted by atomic mass is 16.6. The van der Waals surface area contributed by atoms with Gasteiger partial charge in [-0.15, -0.1) is 0 Å².